The van der Waals surface area contributed by atoms with Crippen LogP contribution >= 0.6 is 11.6 Å². The molecule has 0 radical (unpaired) electrons. The highest BCUT2D eigenvalue weighted by atomic mass is 35.5. The molecule has 1 aliphatic rings. The number of anilines is 1. The summed E-state index contributed by atoms with van der Waals surface area (Å²) in [5.41, 5.74) is 2.23. The van der Waals surface area contributed by atoms with Crippen molar-refractivity contribution in [2.75, 3.05) is 5.32 Å². The van der Waals surface area contributed by atoms with E-state index in [4.69, 9.17) is 16.7 Å². The minimum Gasteiger partial charge on any atom is -0.465 e. The van der Waals surface area contributed by atoms with Crippen molar-refractivity contribution in [3.05, 3.63) is 58.4 Å². The van der Waals surface area contributed by atoms with Crippen molar-refractivity contribution in [2.24, 2.45) is 0 Å². The van der Waals surface area contributed by atoms with E-state index in [-0.39, 0.29) is 17.3 Å². The Kier molecular flexibility index (Phi) is 3.68. The molecule has 0 unspecified atom stereocenters. The first kappa shape index (κ1) is 14.3. The van der Waals surface area contributed by atoms with Crippen LogP contribution in [0.5, 0.6) is 0 Å². The van der Waals surface area contributed by atoms with E-state index >= 15 is 0 Å². The third-order valence-electron chi connectivity index (χ3n) is 3.46. The molecule has 0 saturated carbocycles. The number of fused-ring (bicyclic) bond motifs is 1. The molecule has 6 nitrogen and oxygen atoms in total. The van der Waals surface area contributed by atoms with Crippen molar-refractivity contribution in [1.82, 2.24) is 9.88 Å². The van der Waals surface area contributed by atoms with Crippen molar-refractivity contribution in [3.63, 3.8) is 0 Å². The Morgan fingerprint density at radius 2 is 2.09 bits per heavy atom. The van der Waals surface area contributed by atoms with Crippen LogP contribution in [0.4, 0.5) is 10.5 Å². The van der Waals surface area contributed by atoms with Crippen LogP contribution in [0, 0.1) is 0 Å². The number of hydrogen-bond donors (Lipinski definition) is 2. The number of aromatic nitrogens is 1. The van der Waals surface area contributed by atoms with Gasteiger partial charge in [-0.2, -0.15) is 0 Å². The predicted octanol–water partition coefficient (Wildman–Crippen LogP) is 2.98. The maximum atomic E-state index is 12.2. The molecule has 2 N–H and O–H groups in total. The second-order valence-corrected chi connectivity index (χ2v) is 5.19. The number of pyridine rings is 1. The minimum absolute atomic E-state index is 0.0732. The molecule has 1 aromatic heterocycles. The molecule has 1 aliphatic heterocycles. The topological polar surface area (TPSA) is 82.5 Å². The predicted molar refractivity (Wildman–Crippen MR) is 80.9 cm³/mol. The molecule has 0 saturated heterocycles. The second-order valence-electron chi connectivity index (χ2n) is 4.83. The molecular weight excluding hydrogens is 306 g/mol. The highest BCUT2D eigenvalue weighted by Crippen LogP contribution is 2.33. The highest BCUT2D eigenvalue weighted by molar-refractivity contribution is 6.31. The largest absolute Gasteiger partial charge is 0.465 e. The number of carbonyl (C=O) groups is 2. The zero-order chi connectivity index (χ0) is 15.7. The molecule has 0 spiro atoms. The van der Waals surface area contributed by atoms with Gasteiger partial charge in [0.2, 0.25) is 0 Å². The van der Waals surface area contributed by atoms with Gasteiger partial charge in [-0.15, -0.1) is 0 Å². The Morgan fingerprint density at radius 1 is 1.36 bits per heavy atom. The first-order valence-electron chi connectivity index (χ1n) is 6.58. The maximum absolute atomic E-state index is 12.2. The van der Waals surface area contributed by atoms with E-state index in [0.717, 1.165) is 10.5 Å². The number of imide groups is 1. The van der Waals surface area contributed by atoms with Crippen LogP contribution < -0.4 is 5.32 Å². The number of halogens is 1. The van der Waals surface area contributed by atoms with E-state index in [9.17, 15) is 9.59 Å². The fourth-order valence-electron chi connectivity index (χ4n) is 2.36. The molecule has 2 aromatic rings. The van der Waals surface area contributed by atoms with Crippen LogP contribution in [0.15, 0.2) is 36.5 Å². The van der Waals surface area contributed by atoms with E-state index in [1.165, 1.54) is 6.20 Å². The number of nitrogens with one attached hydrogen (secondary N) is 1. The van der Waals surface area contributed by atoms with Gasteiger partial charge in [-0.25, -0.2) is 14.7 Å². The molecule has 3 rings (SSSR count). The lowest BCUT2D eigenvalue weighted by Gasteiger charge is -2.10. The normalized spacial score (nSPS) is 13.1. The van der Waals surface area contributed by atoms with E-state index in [1.54, 1.807) is 0 Å². The third kappa shape index (κ3) is 2.48. The molecule has 2 heterocycles. The van der Waals surface area contributed by atoms with Crippen LogP contribution in [-0.2, 0) is 13.1 Å². The van der Waals surface area contributed by atoms with Crippen LogP contribution in [0.25, 0.3) is 0 Å². The van der Waals surface area contributed by atoms with E-state index in [2.05, 4.69) is 10.3 Å². The van der Waals surface area contributed by atoms with Crippen LogP contribution in [0.2, 0.25) is 5.15 Å². The Morgan fingerprint density at radius 3 is 2.77 bits per heavy atom. The smallest absolute Gasteiger partial charge is 0.414 e. The summed E-state index contributed by atoms with van der Waals surface area (Å²) < 4.78 is 0. The lowest BCUT2D eigenvalue weighted by molar-refractivity contribution is 0.0764. The zero-order valence-corrected chi connectivity index (χ0v) is 12.2. The van der Waals surface area contributed by atoms with Crippen LogP contribution in [0.3, 0.4) is 0 Å². The summed E-state index contributed by atoms with van der Waals surface area (Å²) in [7, 11) is 0. The zero-order valence-electron chi connectivity index (χ0n) is 11.4. The molecule has 7 heteroatoms. The molecule has 0 atom stereocenters. The van der Waals surface area contributed by atoms with Gasteiger partial charge in [0.1, 0.15) is 5.15 Å². The average Bonchev–Trinajstić information content (AvgIpc) is 2.87. The Hall–Kier alpha value is -2.60. The average molecular weight is 318 g/mol. The van der Waals surface area contributed by atoms with Gasteiger partial charge in [-0.1, -0.05) is 41.9 Å². The molecule has 0 fully saturated rings. The van der Waals surface area contributed by atoms with Gasteiger partial charge >= 0.3 is 6.09 Å². The molecule has 1 aromatic carbocycles. The van der Waals surface area contributed by atoms with Gasteiger partial charge in [-0.05, 0) is 5.56 Å². The summed E-state index contributed by atoms with van der Waals surface area (Å²) >= 11 is 5.98. The Bertz CT molecular complexity index is 749. The number of rotatable bonds is 3. The molecule has 0 bridgehead atoms. The van der Waals surface area contributed by atoms with Crippen molar-refractivity contribution < 1.29 is 14.7 Å². The van der Waals surface area contributed by atoms with E-state index < -0.39 is 12.0 Å². The van der Waals surface area contributed by atoms with Crippen molar-refractivity contribution >= 4 is 29.3 Å². The lowest BCUT2D eigenvalue weighted by atomic mass is 10.1. The van der Waals surface area contributed by atoms with Gasteiger partial charge in [0.25, 0.3) is 5.91 Å². The van der Waals surface area contributed by atoms with Crippen molar-refractivity contribution in [1.29, 1.82) is 0 Å². The first-order chi connectivity index (χ1) is 10.6. The summed E-state index contributed by atoms with van der Waals surface area (Å²) in [5, 5.41) is 12.3. The maximum Gasteiger partial charge on any atom is 0.414 e. The lowest BCUT2D eigenvalue weighted by Crippen LogP contribution is -2.29. The van der Waals surface area contributed by atoms with Crippen LogP contribution in [-0.4, -0.2) is 27.0 Å². The number of benzene rings is 1. The van der Waals surface area contributed by atoms with Gasteiger partial charge in [-0.3, -0.25) is 4.79 Å². The summed E-state index contributed by atoms with van der Waals surface area (Å²) in [4.78, 5) is 28.1. The molecule has 0 aliphatic carbocycles. The summed E-state index contributed by atoms with van der Waals surface area (Å²) in [5.74, 6) is -0.581. The van der Waals surface area contributed by atoms with Crippen LogP contribution in [0.1, 0.15) is 21.5 Å². The minimum atomic E-state index is -1.30. The summed E-state index contributed by atoms with van der Waals surface area (Å²) in [6, 6.07) is 9.64. The molecule has 22 heavy (non-hydrogen) atoms. The van der Waals surface area contributed by atoms with Gasteiger partial charge in [0.15, 0.2) is 0 Å². The number of hydrogen-bond acceptors (Lipinski definition) is 4. The van der Waals surface area contributed by atoms with Gasteiger partial charge < -0.3 is 10.4 Å². The number of nitrogens with zero attached hydrogens (tertiary/aromatic N) is 2. The fourth-order valence-corrected chi connectivity index (χ4v) is 2.57. The number of carboxylic acid groups (broad SMARTS) is 1. The third-order valence-corrected chi connectivity index (χ3v) is 3.78. The summed E-state index contributed by atoms with van der Waals surface area (Å²) in [6.07, 6.45) is 0.152. The van der Waals surface area contributed by atoms with Gasteiger partial charge in [0, 0.05) is 12.1 Å². The quantitative estimate of drug-likeness (QED) is 0.850. The fraction of sp³-hybridized carbons (Fsp3) is 0.133. The van der Waals surface area contributed by atoms with Crippen molar-refractivity contribution in [3.8, 4) is 0 Å². The van der Waals surface area contributed by atoms with E-state index in [0.29, 0.717) is 17.8 Å². The second kappa shape index (κ2) is 5.65. The number of carbonyl (C=O) groups excluding carboxylic acids is 1. The van der Waals surface area contributed by atoms with Crippen molar-refractivity contribution in [2.45, 2.75) is 13.1 Å². The standard InChI is InChI=1S/C15H12ClN3O3/c16-13-10-8-19(15(21)22)14(20)12(10)11(7-18-13)17-6-9-4-2-1-3-5-9/h1-5,7,17H,6,8H2,(H,21,22). The molecular formula is C15H12ClN3O3. The molecule has 112 valence electrons. The number of amides is 2. The summed E-state index contributed by atoms with van der Waals surface area (Å²) in [6.45, 7) is 0.424. The SMILES string of the molecule is O=C(O)N1Cc2c(Cl)ncc(NCc3ccccc3)c2C1=O. The Labute approximate surface area is 131 Å². The van der Waals surface area contributed by atoms with E-state index in [1.807, 2.05) is 30.3 Å². The molecule has 2 amide bonds. The highest BCUT2D eigenvalue weighted by Gasteiger charge is 2.36. The van der Waals surface area contributed by atoms with Gasteiger partial charge in [0.05, 0.1) is 24.0 Å². The Balaban J connectivity index is 1.90. The monoisotopic (exact) mass is 317 g/mol. The first-order valence-corrected chi connectivity index (χ1v) is 6.95.